The van der Waals surface area contributed by atoms with E-state index in [2.05, 4.69) is 19.2 Å². The summed E-state index contributed by atoms with van der Waals surface area (Å²) in [5.41, 5.74) is 0.0294. The summed E-state index contributed by atoms with van der Waals surface area (Å²) >= 11 is 0. The fourth-order valence-corrected chi connectivity index (χ4v) is 3.41. The van der Waals surface area contributed by atoms with Gasteiger partial charge in [-0.1, -0.05) is 6.42 Å². The maximum atomic E-state index is 5.42. The fourth-order valence-electron chi connectivity index (χ4n) is 3.41. The normalized spacial score (nSPS) is 33.6. The van der Waals surface area contributed by atoms with Crippen LogP contribution < -0.4 is 5.32 Å². The second-order valence-electron chi connectivity index (χ2n) is 6.35. The van der Waals surface area contributed by atoms with Crippen molar-refractivity contribution in [3.63, 3.8) is 0 Å². The minimum Gasteiger partial charge on any atom is -0.379 e. The van der Waals surface area contributed by atoms with E-state index in [-0.39, 0.29) is 5.60 Å². The monoisotopic (exact) mass is 225 g/mol. The molecule has 3 atom stereocenters. The molecule has 2 aliphatic carbocycles. The van der Waals surface area contributed by atoms with Gasteiger partial charge in [-0.05, 0) is 70.4 Å². The molecule has 0 heterocycles. The van der Waals surface area contributed by atoms with Crippen LogP contribution >= 0.6 is 0 Å². The van der Waals surface area contributed by atoms with Crippen molar-refractivity contribution in [2.24, 2.45) is 17.8 Å². The first-order valence-electron chi connectivity index (χ1n) is 6.86. The van der Waals surface area contributed by atoms with Gasteiger partial charge >= 0.3 is 0 Å². The molecule has 0 spiro atoms. The van der Waals surface area contributed by atoms with Gasteiger partial charge in [0.15, 0.2) is 0 Å². The van der Waals surface area contributed by atoms with Crippen molar-refractivity contribution in [1.82, 2.24) is 5.32 Å². The van der Waals surface area contributed by atoms with Crippen LogP contribution in [0.25, 0.3) is 0 Å². The van der Waals surface area contributed by atoms with E-state index in [1.54, 1.807) is 7.11 Å². The maximum absolute atomic E-state index is 5.42. The van der Waals surface area contributed by atoms with Gasteiger partial charge in [-0.15, -0.1) is 0 Å². The molecule has 2 aliphatic rings. The van der Waals surface area contributed by atoms with Crippen molar-refractivity contribution in [2.45, 2.75) is 51.6 Å². The predicted molar refractivity (Wildman–Crippen MR) is 67.5 cm³/mol. The molecule has 2 rings (SSSR count). The number of fused-ring (bicyclic) bond motifs is 2. The Bertz CT molecular complexity index is 227. The molecule has 0 amide bonds. The Kier molecular flexibility index (Phi) is 3.91. The third kappa shape index (κ3) is 2.98. The Morgan fingerprint density at radius 3 is 2.62 bits per heavy atom. The lowest BCUT2D eigenvalue weighted by Gasteiger charge is -2.25. The molecular weight excluding hydrogens is 198 g/mol. The van der Waals surface area contributed by atoms with E-state index in [0.29, 0.717) is 0 Å². The Hall–Kier alpha value is -0.0800. The number of rotatable bonds is 6. The van der Waals surface area contributed by atoms with E-state index in [9.17, 15) is 0 Å². The molecule has 0 aromatic heterocycles. The van der Waals surface area contributed by atoms with Gasteiger partial charge in [0.1, 0.15) is 0 Å². The molecule has 0 saturated heterocycles. The van der Waals surface area contributed by atoms with Crippen molar-refractivity contribution in [3.8, 4) is 0 Å². The molecule has 3 unspecified atom stereocenters. The van der Waals surface area contributed by atoms with Gasteiger partial charge in [0.2, 0.25) is 0 Å². The Morgan fingerprint density at radius 2 is 2.06 bits per heavy atom. The van der Waals surface area contributed by atoms with Crippen molar-refractivity contribution < 1.29 is 4.74 Å². The van der Waals surface area contributed by atoms with Crippen LogP contribution in [0.4, 0.5) is 0 Å². The van der Waals surface area contributed by atoms with Gasteiger partial charge < -0.3 is 10.1 Å². The van der Waals surface area contributed by atoms with Gasteiger partial charge in [-0.2, -0.15) is 0 Å². The third-order valence-corrected chi connectivity index (χ3v) is 4.75. The van der Waals surface area contributed by atoms with E-state index in [1.807, 2.05) is 0 Å². The van der Waals surface area contributed by atoms with Gasteiger partial charge in [-0.25, -0.2) is 0 Å². The van der Waals surface area contributed by atoms with E-state index < -0.39 is 0 Å². The first kappa shape index (κ1) is 12.4. The lowest BCUT2D eigenvalue weighted by Crippen LogP contribution is -2.32. The van der Waals surface area contributed by atoms with Crippen LogP contribution in [-0.4, -0.2) is 25.8 Å². The molecule has 2 nitrogen and oxygen atoms in total. The van der Waals surface area contributed by atoms with Crippen molar-refractivity contribution in [3.05, 3.63) is 0 Å². The highest BCUT2D eigenvalue weighted by atomic mass is 16.5. The third-order valence-electron chi connectivity index (χ3n) is 4.75. The molecule has 0 aliphatic heterocycles. The number of methoxy groups -OCH3 is 1. The zero-order chi connectivity index (χ0) is 11.6. The smallest absolute Gasteiger partial charge is 0.0634 e. The van der Waals surface area contributed by atoms with Gasteiger partial charge in [0.25, 0.3) is 0 Å². The Balaban J connectivity index is 1.59. The first-order valence-corrected chi connectivity index (χ1v) is 6.86. The van der Waals surface area contributed by atoms with Crippen molar-refractivity contribution in [1.29, 1.82) is 0 Å². The second kappa shape index (κ2) is 5.05. The molecule has 2 saturated carbocycles. The summed E-state index contributed by atoms with van der Waals surface area (Å²) in [5.74, 6) is 3.10. The Labute approximate surface area is 100 Å². The Morgan fingerprint density at radius 1 is 1.25 bits per heavy atom. The van der Waals surface area contributed by atoms with E-state index in [0.717, 1.165) is 30.7 Å². The van der Waals surface area contributed by atoms with Crippen LogP contribution in [0.2, 0.25) is 0 Å². The second-order valence-corrected chi connectivity index (χ2v) is 6.35. The van der Waals surface area contributed by atoms with Crippen LogP contribution in [0.15, 0.2) is 0 Å². The fraction of sp³-hybridized carbons (Fsp3) is 1.00. The molecule has 0 aromatic carbocycles. The van der Waals surface area contributed by atoms with Crippen molar-refractivity contribution >= 4 is 0 Å². The van der Waals surface area contributed by atoms with Crippen molar-refractivity contribution in [2.75, 3.05) is 20.2 Å². The van der Waals surface area contributed by atoms with Gasteiger partial charge in [-0.3, -0.25) is 0 Å². The number of ether oxygens (including phenoxy) is 1. The molecule has 1 N–H and O–H groups in total. The van der Waals surface area contributed by atoms with Crippen LogP contribution in [0.1, 0.15) is 46.0 Å². The zero-order valence-electron chi connectivity index (χ0n) is 11.1. The quantitative estimate of drug-likeness (QED) is 0.702. The average Bonchev–Trinajstić information content (AvgIpc) is 2.86. The molecule has 0 radical (unpaired) electrons. The molecule has 16 heavy (non-hydrogen) atoms. The van der Waals surface area contributed by atoms with Gasteiger partial charge in [0, 0.05) is 7.11 Å². The molecule has 2 fully saturated rings. The molecule has 2 bridgehead atoms. The van der Waals surface area contributed by atoms with E-state index in [1.165, 1.54) is 32.2 Å². The highest BCUT2D eigenvalue weighted by Gasteiger charge is 2.38. The number of hydrogen-bond donors (Lipinski definition) is 1. The standard InChI is InChI=1S/C14H27NO/c1-14(2,16-3)6-7-15-10-13-9-11-4-5-12(13)8-11/h11-13,15H,4-10H2,1-3H3. The zero-order valence-corrected chi connectivity index (χ0v) is 11.1. The van der Waals surface area contributed by atoms with Crippen LogP contribution in [0, 0.1) is 17.8 Å². The number of hydrogen-bond acceptors (Lipinski definition) is 2. The highest BCUT2D eigenvalue weighted by Crippen LogP contribution is 2.47. The number of nitrogens with one attached hydrogen (secondary N) is 1. The summed E-state index contributed by atoms with van der Waals surface area (Å²) in [6.45, 7) is 6.65. The molecule has 2 heteroatoms. The van der Waals surface area contributed by atoms with Crippen LogP contribution in [0.3, 0.4) is 0 Å². The molecular formula is C14H27NO. The lowest BCUT2D eigenvalue weighted by atomic mass is 9.89. The summed E-state index contributed by atoms with van der Waals surface area (Å²) in [4.78, 5) is 0. The summed E-state index contributed by atoms with van der Waals surface area (Å²) in [7, 11) is 1.80. The SMILES string of the molecule is COC(C)(C)CCNCC1CC2CCC1C2. The van der Waals surface area contributed by atoms with Crippen LogP contribution in [0.5, 0.6) is 0 Å². The predicted octanol–water partition coefficient (Wildman–Crippen LogP) is 2.83. The minimum absolute atomic E-state index is 0.0294. The topological polar surface area (TPSA) is 21.3 Å². The maximum Gasteiger partial charge on any atom is 0.0634 e. The highest BCUT2D eigenvalue weighted by molar-refractivity contribution is 4.90. The lowest BCUT2D eigenvalue weighted by molar-refractivity contribution is 0.0156. The van der Waals surface area contributed by atoms with Gasteiger partial charge in [0.05, 0.1) is 5.60 Å². The molecule has 94 valence electrons. The minimum atomic E-state index is 0.0294. The summed E-state index contributed by atoms with van der Waals surface area (Å²) in [6, 6.07) is 0. The largest absolute Gasteiger partial charge is 0.379 e. The summed E-state index contributed by atoms with van der Waals surface area (Å²) in [6.07, 6.45) is 7.13. The molecule has 0 aromatic rings. The van der Waals surface area contributed by atoms with Crippen LogP contribution in [-0.2, 0) is 4.74 Å². The summed E-state index contributed by atoms with van der Waals surface area (Å²) < 4.78 is 5.42. The van der Waals surface area contributed by atoms with E-state index in [4.69, 9.17) is 4.74 Å². The average molecular weight is 225 g/mol. The first-order chi connectivity index (χ1) is 7.61. The van der Waals surface area contributed by atoms with E-state index >= 15 is 0 Å². The summed E-state index contributed by atoms with van der Waals surface area (Å²) in [5, 5.41) is 3.62.